The first kappa shape index (κ1) is 15.4. The number of hydrogen-bond acceptors (Lipinski definition) is 2. The fourth-order valence-electron chi connectivity index (χ4n) is 3.10. The zero-order valence-electron chi connectivity index (χ0n) is 13.4. The second-order valence-corrected chi connectivity index (χ2v) is 7.10. The summed E-state index contributed by atoms with van der Waals surface area (Å²) in [6.07, 6.45) is 3.62. The van der Waals surface area contributed by atoms with Gasteiger partial charge in [-0.25, -0.2) is 0 Å². The number of para-hydroxylation sites is 1. The van der Waals surface area contributed by atoms with Crippen LogP contribution in [0.3, 0.4) is 0 Å². The van der Waals surface area contributed by atoms with Crippen molar-refractivity contribution in [3.8, 4) is 5.75 Å². The lowest BCUT2D eigenvalue weighted by molar-refractivity contribution is 0.216. The van der Waals surface area contributed by atoms with Gasteiger partial charge in [0.05, 0.1) is 6.61 Å². The summed E-state index contributed by atoms with van der Waals surface area (Å²) in [7, 11) is 0. The Labute approximate surface area is 123 Å². The van der Waals surface area contributed by atoms with Crippen molar-refractivity contribution in [1.82, 2.24) is 5.32 Å². The summed E-state index contributed by atoms with van der Waals surface area (Å²) in [4.78, 5) is 0. The van der Waals surface area contributed by atoms with Crippen LogP contribution < -0.4 is 10.1 Å². The van der Waals surface area contributed by atoms with Gasteiger partial charge in [0.15, 0.2) is 0 Å². The second kappa shape index (κ2) is 6.62. The van der Waals surface area contributed by atoms with Crippen molar-refractivity contribution in [2.24, 2.45) is 5.41 Å². The molecular weight excluding hydrogens is 246 g/mol. The molecule has 0 bridgehead atoms. The van der Waals surface area contributed by atoms with Gasteiger partial charge in [-0.3, -0.25) is 0 Å². The minimum absolute atomic E-state index is 0.372. The highest BCUT2D eigenvalue weighted by molar-refractivity contribution is 5.37. The monoisotopic (exact) mass is 275 g/mol. The predicted molar refractivity (Wildman–Crippen MR) is 85.4 cm³/mol. The summed E-state index contributed by atoms with van der Waals surface area (Å²) in [5.41, 5.74) is 1.78. The lowest BCUT2D eigenvalue weighted by Gasteiger charge is -2.33. The fourth-order valence-corrected chi connectivity index (χ4v) is 3.10. The molecule has 2 rings (SSSR count). The van der Waals surface area contributed by atoms with Gasteiger partial charge in [0.25, 0.3) is 0 Å². The molecule has 2 nitrogen and oxygen atoms in total. The maximum Gasteiger partial charge on any atom is 0.122 e. The molecule has 112 valence electrons. The van der Waals surface area contributed by atoms with Crippen LogP contribution in [0.4, 0.5) is 0 Å². The van der Waals surface area contributed by atoms with E-state index in [0.717, 1.165) is 25.3 Å². The number of benzene rings is 1. The van der Waals surface area contributed by atoms with Crippen molar-refractivity contribution in [1.29, 1.82) is 0 Å². The Morgan fingerprint density at radius 2 is 2.05 bits per heavy atom. The molecule has 1 aliphatic rings. The van der Waals surface area contributed by atoms with Gasteiger partial charge in [-0.1, -0.05) is 45.9 Å². The van der Waals surface area contributed by atoms with E-state index in [-0.39, 0.29) is 0 Å². The molecule has 1 aromatic carbocycles. The quantitative estimate of drug-likeness (QED) is 0.833. The second-order valence-electron chi connectivity index (χ2n) is 7.10. The van der Waals surface area contributed by atoms with Crippen molar-refractivity contribution >= 4 is 0 Å². The molecule has 1 aromatic rings. The van der Waals surface area contributed by atoms with Crippen molar-refractivity contribution < 1.29 is 4.74 Å². The first-order valence-corrected chi connectivity index (χ1v) is 7.93. The van der Waals surface area contributed by atoms with Gasteiger partial charge in [0.1, 0.15) is 5.75 Å². The normalized spacial score (nSPS) is 18.8. The van der Waals surface area contributed by atoms with E-state index in [2.05, 4.69) is 57.3 Å². The van der Waals surface area contributed by atoms with E-state index in [4.69, 9.17) is 4.74 Å². The van der Waals surface area contributed by atoms with E-state index in [1.54, 1.807) is 0 Å². The standard InChI is InChI=1S/C18H29NO/c1-14(2)19-11-10-18(3,4)13-15-9-12-20-17-8-6-5-7-16(15)17/h5-8,14-15,19H,9-13H2,1-4H3. The average molecular weight is 275 g/mol. The smallest absolute Gasteiger partial charge is 0.122 e. The van der Waals surface area contributed by atoms with Crippen LogP contribution in [0.25, 0.3) is 0 Å². The van der Waals surface area contributed by atoms with Crippen LogP contribution in [-0.2, 0) is 0 Å². The first-order valence-electron chi connectivity index (χ1n) is 7.93. The molecule has 0 saturated carbocycles. The highest BCUT2D eigenvalue weighted by atomic mass is 16.5. The topological polar surface area (TPSA) is 21.3 Å². The van der Waals surface area contributed by atoms with Gasteiger partial charge < -0.3 is 10.1 Å². The predicted octanol–water partition coefficient (Wildman–Crippen LogP) is 4.36. The summed E-state index contributed by atoms with van der Waals surface area (Å²) in [5, 5.41) is 3.53. The van der Waals surface area contributed by atoms with E-state index >= 15 is 0 Å². The van der Waals surface area contributed by atoms with Gasteiger partial charge in [-0.2, -0.15) is 0 Å². The Bertz CT molecular complexity index is 425. The Kier molecular flexibility index (Phi) is 5.09. The lowest BCUT2D eigenvalue weighted by Crippen LogP contribution is -2.29. The van der Waals surface area contributed by atoms with Crippen LogP contribution in [0, 0.1) is 5.41 Å². The van der Waals surface area contributed by atoms with E-state index in [1.807, 2.05) is 0 Å². The fraction of sp³-hybridized carbons (Fsp3) is 0.667. The summed E-state index contributed by atoms with van der Waals surface area (Å²) < 4.78 is 5.77. The summed E-state index contributed by atoms with van der Waals surface area (Å²) in [6, 6.07) is 9.12. The molecule has 1 heterocycles. The minimum atomic E-state index is 0.372. The number of nitrogens with one attached hydrogen (secondary N) is 1. The minimum Gasteiger partial charge on any atom is -0.493 e. The van der Waals surface area contributed by atoms with Crippen LogP contribution >= 0.6 is 0 Å². The average Bonchev–Trinajstić information content (AvgIpc) is 2.38. The summed E-state index contributed by atoms with van der Waals surface area (Å²) >= 11 is 0. The Balaban J connectivity index is 1.96. The SMILES string of the molecule is CC(C)NCCC(C)(C)CC1CCOc2ccccc21. The first-order chi connectivity index (χ1) is 9.48. The molecule has 0 saturated heterocycles. The van der Waals surface area contributed by atoms with Crippen LogP contribution in [0.5, 0.6) is 5.75 Å². The molecule has 0 aliphatic carbocycles. The lowest BCUT2D eigenvalue weighted by atomic mass is 9.76. The van der Waals surface area contributed by atoms with Crippen LogP contribution in [-0.4, -0.2) is 19.2 Å². The number of ether oxygens (including phenoxy) is 1. The molecule has 0 aromatic heterocycles. The van der Waals surface area contributed by atoms with E-state index in [1.165, 1.54) is 18.4 Å². The molecule has 1 N–H and O–H groups in total. The molecule has 0 spiro atoms. The van der Waals surface area contributed by atoms with Gasteiger partial charge in [0, 0.05) is 6.04 Å². The number of rotatable bonds is 6. The zero-order valence-corrected chi connectivity index (χ0v) is 13.4. The largest absolute Gasteiger partial charge is 0.493 e. The third kappa shape index (κ3) is 4.24. The van der Waals surface area contributed by atoms with Crippen LogP contribution in [0.1, 0.15) is 58.4 Å². The van der Waals surface area contributed by atoms with Crippen LogP contribution in [0.15, 0.2) is 24.3 Å². The molecular formula is C18H29NO. The van der Waals surface area contributed by atoms with Gasteiger partial charge in [0.2, 0.25) is 0 Å². The Morgan fingerprint density at radius 3 is 2.80 bits per heavy atom. The van der Waals surface area contributed by atoms with Crippen molar-refractivity contribution in [3.63, 3.8) is 0 Å². The van der Waals surface area contributed by atoms with Crippen molar-refractivity contribution in [2.75, 3.05) is 13.2 Å². The van der Waals surface area contributed by atoms with E-state index in [0.29, 0.717) is 17.4 Å². The summed E-state index contributed by atoms with van der Waals surface area (Å²) in [6.45, 7) is 11.2. The maximum atomic E-state index is 5.77. The maximum absolute atomic E-state index is 5.77. The summed E-state index contributed by atoms with van der Waals surface area (Å²) in [5.74, 6) is 1.74. The van der Waals surface area contributed by atoms with Crippen LogP contribution in [0.2, 0.25) is 0 Å². The third-order valence-corrected chi connectivity index (χ3v) is 4.24. The number of hydrogen-bond donors (Lipinski definition) is 1. The molecule has 0 amide bonds. The van der Waals surface area contributed by atoms with Crippen molar-refractivity contribution in [3.05, 3.63) is 29.8 Å². The number of fused-ring (bicyclic) bond motifs is 1. The van der Waals surface area contributed by atoms with E-state index in [9.17, 15) is 0 Å². The highest BCUT2D eigenvalue weighted by Crippen LogP contribution is 2.41. The molecule has 1 unspecified atom stereocenters. The molecule has 0 radical (unpaired) electrons. The zero-order chi connectivity index (χ0) is 14.6. The van der Waals surface area contributed by atoms with Gasteiger partial charge >= 0.3 is 0 Å². The molecule has 20 heavy (non-hydrogen) atoms. The van der Waals surface area contributed by atoms with Gasteiger partial charge in [-0.05, 0) is 48.8 Å². The third-order valence-electron chi connectivity index (χ3n) is 4.24. The Hall–Kier alpha value is -1.02. The molecule has 2 heteroatoms. The van der Waals surface area contributed by atoms with Crippen molar-refractivity contribution in [2.45, 2.75) is 58.9 Å². The molecule has 0 fully saturated rings. The molecule has 1 aliphatic heterocycles. The molecule has 1 atom stereocenters. The van der Waals surface area contributed by atoms with E-state index < -0.39 is 0 Å². The highest BCUT2D eigenvalue weighted by Gasteiger charge is 2.28. The van der Waals surface area contributed by atoms with Gasteiger partial charge in [-0.15, -0.1) is 0 Å². The Morgan fingerprint density at radius 1 is 1.30 bits per heavy atom.